The molecule has 0 saturated heterocycles. The Morgan fingerprint density at radius 1 is 0.441 bits per heavy atom. The Hall–Kier alpha value is -7.82. The molecule has 0 spiro atoms. The van der Waals surface area contributed by atoms with Crippen molar-refractivity contribution in [3.8, 4) is 33.4 Å². The first kappa shape index (κ1) is 39.4. The Morgan fingerprint density at radius 2 is 1.01 bits per heavy atom. The molecule has 0 aliphatic carbocycles. The maximum Gasteiger partial charge on any atom is 0.333 e. The van der Waals surface area contributed by atoms with Gasteiger partial charge in [-0.2, -0.15) is 0 Å². The Balaban J connectivity index is 1.21. The van der Waals surface area contributed by atoms with E-state index < -0.39 is 0 Å². The number of fused-ring (bicyclic) bond motifs is 13. The smallest absolute Gasteiger partial charge is 0.333 e. The zero-order chi connectivity index (χ0) is 45.8. The maximum atomic E-state index is 6.92. The first-order valence-electron chi connectivity index (χ1n) is 24.1. The number of anilines is 3. The van der Waals surface area contributed by atoms with Gasteiger partial charge in [-0.1, -0.05) is 187 Å². The van der Waals surface area contributed by atoms with Gasteiger partial charge in [-0.15, -0.1) is 0 Å². The Kier molecular flexibility index (Phi) is 8.03. The summed E-state index contributed by atoms with van der Waals surface area (Å²) in [6, 6.07) is 70.7. The second-order valence-electron chi connectivity index (χ2n) is 21.2. The third-order valence-electron chi connectivity index (χ3n) is 15.2. The average molecular weight is 873 g/mol. The van der Waals surface area contributed by atoms with Crippen LogP contribution in [0.4, 0.5) is 17.1 Å². The van der Waals surface area contributed by atoms with E-state index in [1.165, 1.54) is 116 Å². The fraction of sp³-hybridized carbons (Fsp3) is 0.125. The normalized spacial score (nSPS) is 13.4. The average Bonchev–Trinajstić information content (AvgIpc) is 3.90. The molecular weight excluding hydrogens is 824 g/mol. The van der Waals surface area contributed by atoms with Gasteiger partial charge in [0.1, 0.15) is 11.2 Å². The van der Waals surface area contributed by atoms with Crippen molar-refractivity contribution in [2.24, 2.45) is 0 Å². The predicted octanol–water partition coefficient (Wildman–Crippen LogP) is 16.3. The lowest BCUT2D eigenvalue weighted by Gasteiger charge is -2.41. The highest BCUT2D eigenvalue weighted by Crippen LogP contribution is 2.52. The van der Waals surface area contributed by atoms with Crippen LogP contribution >= 0.6 is 0 Å². The molecule has 0 unspecified atom stereocenters. The van der Waals surface area contributed by atoms with E-state index in [-0.39, 0.29) is 17.7 Å². The van der Waals surface area contributed by atoms with Gasteiger partial charge in [0.25, 0.3) is 0 Å². The van der Waals surface area contributed by atoms with Crippen molar-refractivity contribution < 1.29 is 4.42 Å². The molecule has 12 aromatic rings. The lowest BCUT2D eigenvalue weighted by atomic mass is 9.45. The molecule has 0 fully saturated rings. The summed E-state index contributed by atoms with van der Waals surface area (Å²) >= 11 is 0. The van der Waals surface area contributed by atoms with Crippen molar-refractivity contribution in [3.05, 3.63) is 199 Å². The molecule has 3 nitrogen and oxygen atoms in total. The van der Waals surface area contributed by atoms with Crippen LogP contribution in [-0.4, -0.2) is 11.3 Å². The number of hydrogen-bond acceptors (Lipinski definition) is 2. The summed E-state index contributed by atoms with van der Waals surface area (Å²) in [6.45, 7) is 13.9. The summed E-state index contributed by atoms with van der Waals surface area (Å²) in [5, 5.41) is 9.68. The van der Waals surface area contributed by atoms with E-state index in [9.17, 15) is 0 Å². The van der Waals surface area contributed by atoms with Crippen molar-refractivity contribution in [3.63, 3.8) is 0 Å². The summed E-state index contributed by atoms with van der Waals surface area (Å²) in [5.74, 6) is 0. The molecule has 0 atom stereocenters. The summed E-state index contributed by atoms with van der Waals surface area (Å²) in [5.41, 5.74) is 20.5. The Morgan fingerprint density at radius 3 is 1.66 bits per heavy atom. The largest absolute Gasteiger partial charge is 0.455 e. The van der Waals surface area contributed by atoms with Gasteiger partial charge in [-0.05, 0) is 125 Å². The van der Waals surface area contributed by atoms with Crippen LogP contribution in [0, 0.1) is 0 Å². The van der Waals surface area contributed by atoms with E-state index in [1.54, 1.807) is 0 Å². The van der Waals surface area contributed by atoms with Crippen LogP contribution in [0.2, 0.25) is 0 Å². The lowest BCUT2D eigenvalue weighted by Crippen LogP contribution is -2.56. The monoisotopic (exact) mass is 872 g/mol. The minimum Gasteiger partial charge on any atom is -0.455 e. The minimum absolute atomic E-state index is 0.0754. The predicted molar refractivity (Wildman–Crippen MR) is 291 cm³/mol. The van der Waals surface area contributed by atoms with E-state index in [0.29, 0.717) is 0 Å². The Labute approximate surface area is 397 Å². The quantitative estimate of drug-likeness (QED) is 0.130. The molecule has 4 heteroatoms. The third-order valence-corrected chi connectivity index (χ3v) is 15.2. The van der Waals surface area contributed by atoms with Crippen LogP contribution in [0.3, 0.4) is 0 Å². The number of hydrogen-bond donors (Lipinski definition) is 0. The maximum absolute atomic E-state index is 6.92. The highest BCUT2D eigenvalue weighted by Gasteiger charge is 2.44. The number of para-hydroxylation sites is 2. The van der Waals surface area contributed by atoms with Gasteiger partial charge in [-0.3, -0.25) is 0 Å². The molecule has 2 aromatic heterocycles. The molecule has 4 heterocycles. The van der Waals surface area contributed by atoms with Gasteiger partial charge < -0.3 is 13.8 Å². The van der Waals surface area contributed by atoms with Crippen molar-refractivity contribution in [2.75, 3.05) is 4.90 Å². The second-order valence-corrected chi connectivity index (χ2v) is 21.2. The van der Waals surface area contributed by atoms with Gasteiger partial charge in [0.15, 0.2) is 0 Å². The van der Waals surface area contributed by atoms with Crippen molar-refractivity contribution in [1.29, 1.82) is 0 Å². The van der Waals surface area contributed by atoms with Crippen molar-refractivity contribution >= 4 is 100 Å². The summed E-state index contributed by atoms with van der Waals surface area (Å²) in [7, 11) is 0. The van der Waals surface area contributed by atoms with Crippen LogP contribution in [0.15, 0.2) is 192 Å². The molecule has 324 valence electrons. The Bertz CT molecular complexity index is 4070. The van der Waals surface area contributed by atoms with Crippen LogP contribution in [-0.2, 0) is 10.8 Å². The topological polar surface area (TPSA) is 21.3 Å². The molecule has 14 rings (SSSR count). The number of nitrogens with zero attached hydrogens (tertiary/aromatic N) is 2. The van der Waals surface area contributed by atoms with Crippen LogP contribution in [0.5, 0.6) is 0 Å². The molecule has 0 N–H and O–H groups in total. The first-order valence-corrected chi connectivity index (χ1v) is 24.1. The lowest BCUT2D eigenvalue weighted by molar-refractivity contribution is 0.569. The van der Waals surface area contributed by atoms with Crippen LogP contribution in [0.1, 0.15) is 52.7 Å². The highest BCUT2D eigenvalue weighted by molar-refractivity contribution is 6.90. The van der Waals surface area contributed by atoms with Gasteiger partial charge in [0.05, 0.1) is 5.39 Å². The molecular formula is C64H49BN2O. The first-order chi connectivity index (χ1) is 33.0. The van der Waals surface area contributed by atoms with Gasteiger partial charge in [-0.25, -0.2) is 0 Å². The molecule has 68 heavy (non-hydrogen) atoms. The standard InChI is InChI=1S/C64H49BN2O/c1-63(2,3)40-32-41(64(4,5)6)34-42(33-40)66-54-30-19-28-46-50-35-51-43-24-16-18-31-56(43)68-62(51)59-47-27-15-17-29-53(47)67(61(50)59)65(60(46)54)52-36-48-49(37-55(52)66)58(39-22-11-8-12-23-39)45-26-14-13-25-44(45)57(48)38-20-9-7-10-21-38/h7-37H,1-6H3. The summed E-state index contributed by atoms with van der Waals surface area (Å²) in [4.78, 5) is 2.63. The minimum atomic E-state index is -0.142. The number of benzene rings is 10. The van der Waals surface area contributed by atoms with Gasteiger partial charge in [0.2, 0.25) is 0 Å². The summed E-state index contributed by atoms with van der Waals surface area (Å²) in [6.07, 6.45) is 0. The summed E-state index contributed by atoms with van der Waals surface area (Å²) < 4.78 is 9.60. The molecule has 0 bridgehead atoms. The second kappa shape index (κ2) is 13.9. The van der Waals surface area contributed by atoms with E-state index in [1.807, 2.05) is 0 Å². The van der Waals surface area contributed by atoms with E-state index in [4.69, 9.17) is 4.42 Å². The third kappa shape index (κ3) is 5.43. The number of furan rings is 1. The van der Waals surface area contributed by atoms with E-state index >= 15 is 0 Å². The van der Waals surface area contributed by atoms with E-state index in [0.717, 1.165) is 21.9 Å². The SMILES string of the molecule is CC(C)(C)c1cc(N2c3cc4c(-c5ccccc5)c5ccccc5c(-c5ccccc5)c4cc3B3c4c(cccc42)-c2cc4c5ccccc5oc4c4c5ccccc5n3c24)cc(C(C)(C)C)c1. The highest BCUT2D eigenvalue weighted by atomic mass is 16.3. The van der Waals surface area contributed by atoms with Crippen LogP contribution in [0.25, 0.3) is 98.7 Å². The molecule has 0 radical (unpaired) electrons. The molecule has 2 aliphatic heterocycles. The molecule has 10 aromatic carbocycles. The van der Waals surface area contributed by atoms with Gasteiger partial charge >= 0.3 is 6.85 Å². The van der Waals surface area contributed by atoms with Crippen molar-refractivity contribution in [1.82, 2.24) is 4.48 Å². The van der Waals surface area contributed by atoms with Crippen molar-refractivity contribution in [2.45, 2.75) is 52.4 Å². The molecule has 2 aliphatic rings. The van der Waals surface area contributed by atoms with E-state index in [2.05, 4.69) is 239 Å². The number of aromatic nitrogens is 1. The zero-order valence-electron chi connectivity index (χ0n) is 39.3. The number of rotatable bonds is 3. The van der Waals surface area contributed by atoms with Gasteiger partial charge in [0, 0.05) is 49.8 Å². The zero-order valence-corrected chi connectivity index (χ0v) is 39.3. The molecule has 0 amide bonds. The van der Waals surface area contributed by atoms with Crippen LogP contribution < -0.4 is 15.8 Å². The fourth-order valence-electron chi connectivity index (χ4n) is 12.0. The molecule has 0 saturated carbocycles. The fourth-order valence-corrected chi connectivity index (χ4v) is 12.0.